The minimum Gasteiger partial charge on any atom is -0.458 e. The summed E-state index contributed by atoms with van der Waals surface area (Å²) in [6, 6.07) is 3.54. The molecule has 6 nitrogen and oxygen atoms in total. The van der Waals surface area contributed by atoms with Gasteiger partial charge in [-0.2, -0.15) is 0 Å². The van der Waals surface area contributed by atoms with E-state index in [-0.39, 0.29) is 5.76 Å². The Morgan fingerprint density at radius 1 is 1.12 bits per heavy atom. The first-order valence-electron chi connectivity index (χ1n) is 8.67. The third-order valence-electron chi connectivity index (χ3n) is 4.72. The molecule has 1 saturated heterocycles. The SMILES string of the molecule is Cc1c(C(=O)OCCN2CCCCC2)oc2cc3c(cc12)OC=CO3. The molecule has 25 heavy (non-hydrogen) atoms. The summed E-state index contributed by atoms with van der Waals surface area (Å²) in [6.07, 6.45) is 6.67. The Morgan fingerprint density at radius 2 is 1.84 bits per heavy atom. The first kappa shape index (κ1) is 16.0. The molecule has 0 atom stereocenters. The van der Waals surface area contributed by atoms with Gasteiger partial charge in [-0.25, -0.2) is 4.79 Å². The summed E-state index contributed by atoms with van der Waals surface area (Å²) >= 11 is 0. The first-order valence-corrected chi connectivity index (χ1v) is 8.67. The highest BCUT2D eigenvalue weighted by Crippen LogP contribution is 2.38. The average molecular weight is 343 g/mol. The van der Waals surface area contributed by atoms with Crippen LogP contribution in [-0.2, 0) is 4.74 Å². The van der Waals surface area contributed by atoms with Crippen LogP contribution < -0.4 is 9.47 Å². The van der Waals surface area contributed by atoms with Gasteiger partial charge in [-0.3, -0.25) is 4.90 Å². The fourth-order valence-corrected chi connectivity index (χ4v) is 3.32. The molecule has 132 valence electrons. The van der Waals surface area contributed by atoms with Crippen molar-refractivity contribution in [2.75, 3.05) is 26.2 Å². The van der Waals surface area contributed by atoms with Gasteiger partial charge in [-0.05, 0) is 38.9 Å². The standard InChI is InChI=1S/C19H21NO5/c1-13-14-11-16-17(23-10-9-22-16)12-15(14)25-18(13)19(21)24-8-7-20-5-3-2-4-6-20/h9-12H,2-8H2,1H3. The minimum atomic E-state index is -0.427. The largest absolute Gasteiger partial charge is 0.458 e. The van der Waals surface area contributed by atoms with Crippen molar-refractivity contribution in [1.29, 1.82) is 0 Å². The Kier molecular flexibility index (Phi) is 4.36. The van der Waals surface area contributed by atoms with Crippen molar-refractivity contribution in [1.82, 2.24) is 4.90 Å². The van der Waals surface area contributed by atoms with Crippen molar-refractivity contribution in [3.05, 3.63) is 36.0 Å². The maximum absolute atomic E-state index is 12.4. The van der Waals surface area contributed by atoms with Crippen LogP contribution in [0.3, 0.4) is 0 Å². The molecule has 0 saturated carbocycles. The highest BCUT2D eigenvalue weighted by molar-refractivity contribution is 5.97. The van der Waals surface area contributed by atoms with Gasteiger partial charge in [0, 0.05) is 23.6 Å². The van der Waals surface area contributed by atoms with Gasteiger partial charge in [0.2, 0.25) is 5.76 Å². The topological polar surface area (TPSA) is 61.1 Å². The van der Waals surface area contributed by atoms with Gasteiger partial charge < -0.3 is 18.6 Å². The summed E-state index contributed by atoms with van der Waals surface area (Å²) < 4.78 is 21.9. The van der Waals surface area contributed by atoms with E-state index in [0.29, 0.717) is 23.7 Å². The highest BCUT2D eigenvalue weighted by atomic mass is 16.6. The maximum atomic E-state index is 12.4. The fraction of sp³-hybridized carbons (Fsp3) is 0.421. The lowest BCUT2D eigenvalue weighted by atomic mass is 10.1. The zero-order chi connectivity index (χ0) is 17.2. The lowest BCUT2D eigenvalue weighted by Gasteiger charge is -2.25. The molecule has 0 bridgehead atoms. The number of benzene rings is 1. The minimum absolute atomic E-state index is 0.240. The van der Waals surface area contributed by atoms with Gasteiger partial charge in [0.15, 0.2) is 11.5 Å². The van der Waals surface area contributed by atoms with Gasteiger partial charge in [0.05, 0.1) is 0 Å². The molecule has 4 rings (SSSR count). The molecule has 2 aromatic rings. The van der Waals surface area contributed by atoms with Gasteiger partial charge in [-0.15, -0.1) is 0 Å². The lowest BCUT2D eigenvalue weighted by molar-refractivity contribution is 0.0418. The van der Waals surface area contributed by atoms with E-state index in [1.54, 1.807) is 6.07 Å². The van der Waals surface area contributed by atoms with Crippen LogP contribution in [0.5, 0.6) is 11.5 Å². The smallest absolute Gasteiger partial charge is 0.374 e. The summed E-state index contributed by atoms with van der Waals surface area (Å²) in [7, 11) is 0. The molecule has 0 amide bonds. The molecule has 0 N–H and O–H groups in total. The Hall–Kier alpha value is -2.47. The van der Waals surface area contributed by atoms with E-state index < -0.39 is 5.97 Å². The number of esters is 1. The Bertz CT molecular complexity index is 817. The molecule has 0 aliphatic carbocycles. The number of aryl methyl sites for hydroxylation is 1. The van der Waals surface area contributed by atoms with E-state index in [1.165, 1.54) is 31.8 Å². The number of likely N-dealkylation sites (tertiary alicyclic amines) is 1. The number of hydrogen-bond donors (Lipinski definition) is 0. The van der Waals surface area contributed by atoms with Gasteiger partial charge in [0.1, 0.15) is 24.7 Å². The van der Waals surface area contributed by atoms with Crippen molar-refractivity contribution in [2.24, 2.45) is 0 Å². The molecule has 2 aliphatic heterocycles. The normalized spacial score (nSPS) is 17.0. The number of carbonyl (C=O) groups excluding carboxylic acids is 1. The molecule has 0 radical (unpaired) electrons. The van der Waals surface area contributed by atoms with Crippen LogP contribution in [0.1, 0.15) is 35.4 Å². The van der Waals surface area contributed by atoms with Crippen LogP contribution in [0.4, 0.5) is 0 Å². The second-order valence-corrected chi connectivity index (χ2v) is 6.40. The van der Waals surface area contributed by atoms with E-state index in [2.05, 4.69) is 4.90 Å². The second kappa shape index (κ2) is 6.80. The van der Waals surface area contributed by atoms with Crippen molar-refractivity contribution in [3.8, 4) is 11.5 Å². The number of carbonyl (C=O) groups is 1. The van der Waals surface area contributed by atoms with Crippen LogP contribution in [0.2, 0.25) is 0 Å². The van der Waals surface area contributed by atoms with Crippen molar-refractivity contribution < 1.29 is 23.4 Å². The summed E-state index contributed by atoms with van der Waals surface area (Å²) in [5.74, 6) is 0.977. The monoisotopic (exact) mass is 343 g/mol. The second-order valence-electron chi connectivity index (χ2n) is 6.40. The highest BCUT2D eigenvalue weighted by Gasteiger charge is 2.22. The van der Waals surface area contributed by atoms with Gasteiger partial charge in [0.25, 0.3) is 0 Å². The Morgan fingerprint density at radius 3 is 2.60 bits per heavy atom. The number of furan rings is 1. The molecule has 1 aromatic heterocycles. The molecule has 1 aromatic carbocycles. The van der Waals surface area contributed by atoms with E-state index in [4.69, 9.17) is 18.6 Å². The third kappa shape index (κ3) is 3.22. The van der Waals surface area contributed by atoms with E-state index >= 15 is 0 Å². The van der Waals surface area contributed by atoms with Crippen LogP contribution in [0, 0.1) is 6.92 Å². The van der Waals surface area contributed by atoms with E-state index in [1.807, 2.05) is 13.0 Å². The molecule has 0 spiro atoms. The predicted octanol–water partition coefficient (Wildman–Crippen LogP) is 3.63. The van der Waals surface area contributed by atoms with Crippen molar-refractivity contribution in [3.63, 3.8) is 0 Å². The third-order valence-corrected chi connectivity index (χ3v) is 4.72. The molecule has 6 heteroatoms. The molecule has 2 aliphatic rings. The summed E-state index contributed by atoms with van der Waals surface area (Å²) in [6.45, 7) is 5.16. The Labute approximate surface area is 145 Å². The summed E-state index contributed by atoms with van der Waals surface area (Å²) in [4.78, 5) is 14.7. The van der Waals surface area contributed by atoms with Gasteiger partial charge in [-0.1, -0.05) is 6.42 Å². The first-order chi connectivity index (χ1) is 12.2. The maximum Gasteiger partial charge on any atom is 0.374 e. The van der Waals surface area contributed by atoms with Crippen LogP contribution in [0.25, 0.3) is 11.0 Å². The van der Waals surface area contributed by atoms with Crippen LogP contribution in [-0.4, -0.2) is 37.1 Å². The molecule has 0 unspecified atom stereocenters. The van der Waals surface area contributed by atoms with E-state index in [9.17, 15) is 4.79 Å². The zero-order valence-corrected chi connectivity index (χ0v) is 14.2. The predicted molar refractivity (Wildman–Crippen MR) is 91.9 cm³/mol. The summed E-state index contributed by atoms with van der Waals surface area (Å²) in [5, 5.41) is 0.820. The van der Waals surface area contributed by atoms with Crippen LogP contribution >= 0.6 is 0 Å². The summed E-state index contributed by atoms with van der Waals surface area (Å²) in [5.41, 5.74) is 1.33. The van der Waals surface area contributed by atoms with Crippen molar-refractivity contribution >= 4 is 16.9 Å². The zero-order valence-electron chi connectivity index (χ0n) is 14.2. The molecule has 3 heterocycles. The fourth-order valence-electron chi connectivity index (χ4n) is 3.32. The number of ether oxygens (including phenoxy) is 3. The molecule has 1 fully saturated rings. The number of rotatable bonds is 4. The lowest BCUT2D eigenvalue weighted by Crippen LogP contribution is -2.33. The average Bonchev–Trinajstić information content (AvgIpc) is 2.97. The van der Waals surface area contributed by atoms with E-state index in [0.717, 1.165) is 30.6 Å². The molecular formula is C19H21NO5. The Balaban J connectivity index is 1.46. The number of piperidine rings is 1. The van der Waals surface area contributed by atoms with Crippen molar-refractivity contribution in [2.45, 2.75) is 26.2 Å². The number of fused-ring (bicyclic) bond motifs is 2. The number of nitrogens with zero attached hydrogens (tertiary/aromatic N) is 1. The number of hydrogen-bond acceptors (Lipinski definition) is 6. The quantitative estimate of drug-likeness (QED) is 0.790. The van der Waals surface area contributed by atoms with Gasteiger partial charge >= 0.3 is 5.97 Å². The van der Waals surface area contributed by atoms with Crippen LogP contribution in [0.15, 0.2) is 29.1 Å². The molecular weight excluding hydrogens is 322 g/mol.